The molecule has 1 aliphatic rings. The van der Waals surface area contributed by atoms with Gasteiger partial charge in [-0.15, -0.1) is 0 Å². The maximum absolute atomic E-state index is 13.2. The molecule has 7 nitrogen and oxygen atoms in total. The smallest absolute Gasteiger partial charge is 0.416 e. The molecular formula is C20H20F3N3O4. The van der Waals surface area contributed by atoms with Crippen LogP contribution in [-0.2, 0) is 27.1 Å². The Kier molecular flexibility index (Phi) is 7.57. The second-order valence-corrected chi connectivity index (χ2v) is 6.45. The van der Waals surface area contributed by atoms with Crippen LogP contribution in [0.2, 0.25) is 0 Å². The van der Waals surface area contributed by atoms with Gasteiger partial charge in [0.05, 0.1) is 11.1 Å². The highest BCUT2D eigenvalue weighted by atomic mass is 19.4. The largest absolute Gasteiger partial charge is 0.480 e. The van der Waals surface area contributed by atoms with Crippen LogP contribution in [0.15, 0.2) is 53.9 Å². The molecule has 0 saturated carbocycles. The maximum Gasteiger partial charge on any atom is 0.416 e. The molecule has 1 amide bonds. The molecule has 1 heterocycles. The monoisotopic (exact) mass is 423 g/mol. The molecule has 0 aromatic heterocycles. The van der Waals surface area contributed by atoms with Gasteiger partial charge in [0.15, 0.2) is 5.94 Å². The van der Waals surface area contributed by atoms with Crippen molar-refractivity contribution in [2.45, 2.75) is 31.6 Å². The maximum atomic E-state index is 13.2. The molecule has 0 saturated heterocycles. The van der Waals surface area contributed by atoms with Crippen molar-refractivity contribution in [1.29, 1.82) is 0 Å². The second-order valence-electron chi connectivity index (χ2n) is 6.45. The summed E-state index contributed by atoms with van der Waals surface area (Å²) in [7, 11) is 0. The number of aliphatic carboxylic acids is 1. The molecule has 1 aromatic rings. The van der Waals surface area contributed by atoms with Gasteiger partial charge in [0, 0.05) is 12.7 Å². The van der Waals surface area contributed by atoms with Gasteiger partial charge in [-0.1, -0.05) is 18.2 Å². The van der Waals surface area contributed by atoms with Gasteiger partial charge in [-0.3, -0.25) is 4.79 Å². The first kappa shape index (κ1) is 22.9. The third-order valence-electron chi connectivity index (χ3n) is 4.38. The molecule has 1 aliphatic heterocycles. The number of amides is 1. The fourth-order valence-corrected chi connectivity index (χ4v) is 2.91. The van der Waals surface area contributed by atoms with Crippen molar-refractivity contribution in [2.75, 3.05) is 6.54 Å². The molecule has 10 heteroatoms. The highest BCUT2D eigenvalue weighted by molar-refractivity contribution is 6.02. The van der Waals surface area contributed by atoms with Gasteiger partial charge in [-0.2, -0.15) is 13.2 Å². The number of rotatable bonds is 8. The number of nitrogens with two attached hydrogens (primary N) is 1. The number of allylic oxidation sites excluding steroid dienone is 2. The lowest BCUT2D eigenvalue weighted by molar-refractivity contribution is -0.141. The summed E-state index contributed by atoms with van der Waals surface area (Å²) in [5.41, 5.74) is 3.90. The van der Waals surface area contributed by atoms with E-state index in [1.165, 1.54) is 36.6 Å². The fourth-order valence-electron chi connectivity index (χ4n) is 2.91. The summed E-state index contributed by atoms with van der Waals surface area (Å²) in [6, 6.07) is 3.65. The third-order valence-corrected chi connectivity index (χ3v) is 4.38. The molecule has 0 bridgehead atoms. The van der Waals surface area contributed by atoms with E-state index < -0.39 is 29.7 Å². The second kappa shape index (κ2) is 9.91. The van der Waals surface area contributed by atoms with Gasteiger partial charge < -0.3 is 21.1 Å². The zero-order chi connectivity index (χ0) is 22.3. The van der Waals surface area contributed by atoms with Crippen molar-refractivity contribution < 1.29 is 32.7 Å². The number of alkyl halides is 3. The average molecular weight is 423 g/mol. The standard InChI is InChI=1S/C20H20F3N3O4/c21-20(22,23)15-7-2-1-5-13(15)11-26-10-4-6-14(17(26)12-27)18(28)25-16(19(29)30)8-3-9-24/h1-2,4-7,10,16H,3,8-9,11,24H2,(H,25,28)(H,29,30). The minimum absolute atomic E-state index is 0.0868. The Hall–Kier alpha value is -3.36. The Bertz CT molecular complexity index is 918. The number of nitrogens with zero attached hydrogens (tertiary/aromatic N) is 1. The van der Waals surface area contributed by atoms with Crippen LogP contribution >= 0.6 is 0 Å². The van der Waals surface area contributed by atoms with Crippen LogP contribution < -0.4 is 11.1 Å². The third kappa shape index (κ3) is 5.59. The Balaban J connectivity index is 2.24. The molecule has 160 valence electrons. The quantitative estimate of drug-likeness (QED) is 0.552. The van der Waals surface area contributed by atoms with Crippen molar-refractivity contribution in [1.82, 2.24) is 10.2 Å². The van der Waals surface area contributed by atoms with E-state index in [-0.39, 0.29) is 36.3 Å². The number of carbonyl (C=O) groups excluding carboxylic acids is 2. The van der Waals surface area contributed by atoms with Crippen molar-refractivity contribution >= 4 is 17.8 Å². The molecule has 0 fully saturated rings. The Morgan fingerprint density at radius 1 is 1.27 bits per heavy atom. The lowest BCUT2D eigenvalue weighted by atomic mass is 10.0. The fraction of sp³-hybridized carbons (Fsp3) is 0.300. The molecular weight excluding hydrogens is 403 g/mol. The first-order chi connectivity index (χ1) is 14.2. The predicted octanol–water partition coefficient (Wildman–Crippen LogP) is 1.98. The van der Waals surface area contributed by atoms with E-state index in [1.54, 1.807) is 5.94 Å². The first-order valence-corrected chi connectivity index (χ1v) is 8.98. The zero-order valence-corrected chi connectivity index (χ0v) is 15.8. The number of nitrogens with one attached hydrogen (secondary N) is 1. The number of carboxylic acid groups (broad SMARTS) is 1. The van der Waals surface area contributed by atoms with Crippen LogP contribution in [0.1, 0.15) is 24.0 Å². The number of benzene rings is 1. The number of hydrogen-bond donors (Lipinski definition) is 3. The summed E-state index contributed by atoms with van der Waals surface area (Å²) in [6.45, 7) is -0.103. The van der Waals surface area contributed by atoms with E-state index in [1.807, 2.05) is 0 Å². The molecule has 0 radical (unpaired) electrons. The zero-order valence-electron chi connectivity index (χ0n) is 15.8. The lowest BCUT2D eigenvalue weighted by Crippen LogP contribution is -2.43. The number of carboxylic acids is 1. The van der Waals surface area contributed by atoms with Gasteiger partial charge in [-0.25, -0.2) is 9.59 Å². The number of hydrogen-bond acceptors (Lipinski definition) is 5. The summed E-state index contributed by atoms with van der Waals surface area (Å²) in [6.07, 6.45) is -0.163. The van der Waals surface area contributed by atoms with Crippen LogP contribution in [0, 0.1) is 0 Å². The molecule has 4 N–H and O–H groups in total. The summed E-state index contributed by atoms with van der Waals surface area (Å²) in [4.78, 5) is 36.6. The molecule has 0 spiro atoms. The SMILES string of the molecule is NCCCC(NC(=O)C1=CC=CN(Cc2ccccc2C(F)(F)F)C1=C=O)C(=O)O. The molecule has 30 heavy (non-hydrogen) atoms. The molecule has 1 unspecified atom stereocenters. The van der Waals surface area contributed by atoms with Gasteiger partial charge in [-0.05, 0) is 43.2 Å². The minimum Gasteiger partial charge on any atom is -0.480 e. The van der Waals surface area contributed by atoms with E-state index in [0.29, 0.717) is 6.42 Å². The van der Waals surface area contributed by atoms with Gasteiger partial charge in [0.2, 0.25) is 0 Å². The minimum atomic E-state index is -4.59. The van der Waals surface area contributed by atoms with Crippen LogP contribution in [0.5, 0.6) is 0 Å². The highest BCUT2D eigenvalue weighted by Gasteiger charge is 2.34. The van der Waals surface area contributed by atoms with E-state index >= 15 is 0 Å². The predicted molar refractivity (Wildman–Crippen MR) is 101 cm³/mol. The molecule has 0 aliphatic carbocycles. The van der Waals surface area contributed by atoms with Gasteiger partial charge in [0.25, 0.3) is 5.91 Å². The summed E-state index contributed by atoms with van der Waals surface area (Å²) in [5, 5.41) is 11.5. The van der Waals surface area contributed by atoms with Crippen molar-refractivity contribution in [3.8, 4) is 0 Å². The molecule has 2 rings (SSSR count). The summed E-state index contributed by atoms with van der Waals surface area (Å²) >= 11 is 0. The van der Waals surface area contributed by atoms with E-state index in [4.69, 9.17) is 5.73 Å². The van der Waals surface area contributed by atoms with Gasteiger partial charge >= 0.3 is 12.1 Å². The first-order valence-electron chi connectivity index (χ1n) is 8.98. The topological polar surface area (TPSA) is 113 Å². The normalized spacial score (nSPS) is 14.7. The van der Waals surface area contributed by atoms with E-state index in [2.05, 4.69) is 5.32 Å². The Labute approximate surface area is 170 Å². The van der Waals surface area contributed by atoms with E-state index in [9.17, 15) is 32.7 Å². The number of halogens is 3. The molecule has 1 aromatic carbocycles. The average Bonchev–Trinajstić information content (AvgIpc) is 2.70. The van der Waals surface area contributed by atoms with Crippen LogP contribution in [0.4, 0.5) is 13.2 Å². The van der Waals surface area contributed by atoms with Crippen molar-refractivity contribution in [2.24, 2.45) is 5.73 Å². The highest BCUT2D eigenvalue weighted by Crippen LogP contribution is 2.33. The van der Waals surface area contributed by atoms with Crippen LogP contribution in [0.25, 0.3) is 0 Å². The Morgan fingerprint density at radius 3 is 2.57 bits per heavy atom. The summed E-state index contributed by atoms with van der Waals surface area (Å²) < 4.78 is 39.7. The van der Waals surface area contributed by atoms with E-state index in [0.717, 1.165) is 11.0 Å². The van der Waals surface area contributed by atoms with Crippen LogP contribution in [0.3, 0.4) is 0 Å². The molecule has 1 atom stereocenters. The summed E-state index contributed by atoms with van der Waals surface area (Å²) in [5.74, 6) is -0.545. The van der Waals surface area contributed by atoms with Crippen molar-refractivity contribution in [3.05, 3.63) is 65.0 Å². The van der Waals surface area contributed by atoms with Crippen LogP contribution in [-0.4, -0.2) is 40.4 Å². The lowest BCUT2D eigenvalue weighted by Gasteiger charge is -2.26. The number of carbonyl (C=O) groups is 2. The van der Waals surface area contributed by atoms with Crippen molar-refractivity contribution in [3.63, 3.8) is 0 Å². The van der Waals surface area contributed by atoms with Gasteiger partial charge in [0.1, 0.15) is 11.7 Å². The Morgan fingerprint density at radius 2 is 1.97 bits per heavy atom.